The van der Waals surface area contributed by atoms with Gasteiger partial charge in [-0.15, -0.1) is 0 Å². The van der Waals surface area contributed by atoms with Gasteiger partial charge in [0.15, 0.2) is 11.3 Å². The van der Waals surface area contributed by atoms with Crippen LogP contribution in [0.4, 0.5) is 22.0 Å². The molecule has 3 aromatic rings. The molecule has 2 amide bonds. The molecule has 16 heteroatoms. The largest absolute Gasteiger partial charge is 0.408 e. The van der Waals surface area contributed by atoms with Crippen molar-refractivity contribution in [2.24, 2.45) is 11.7 Å². The number of carbonyl (C=O) groups is 2. The SMILES string of the molecule is N[C@]1(Cc2cnn3cc([C@@H](NC(=O)c4nonc4C4CC4)C4CCC(F)(F)CC4)nc3c2)C[C@@H](C(F)(F)F)NC1=O. The highest BCUT2D eigenvalue weighted by molar-refractivity contribution is 5.93. The molecule has 11 nitrogen and oxygen atoms in total. The average molecular weight is 583 g/mol. The quantitative estimate of drug-likeness (QED) is 0.360. The van der Waals surface area contributed by atoms with E-state index in [1.54, 1.807) is 12.3 Å². The van der Waals surface area contributed by atoms with E-state index in [1.165, 1.54) is 10.7 Å². The van der Waals surface area contributed by atoms with Crippen LogP contribution in [0.1, 0.15) is 84.3 Å². The maximum atomic E-state index is 14.0. The second-order valence-electron chi connectivity index (χ2n) is 11.4. The number of nitrogens with one attached hydrogen (secondary N) is 2. The molecule has 2 aliphatic carbocycles. The normalized spacial score (nSPS) is 25.8. The van der Waals surface area contributed by atoms with Gasteiger partial charge in [0.1, 0.15) is 17.3 Å². The lowest BCUT2D eigenvalue weighted by Gasteiger charge is -2.33. The number of nitrogens with zero attached hydrogens (tertiary/aromatic N) is 5. The molecule has 4 N–H and O–H groups in total. The van der Waals surface area contributed by atoms with Gasteiger partial charge in [-0.05, 0) is 48.4 Å². The monoisotopic (exact) mass is 582 g/mol. The number of fused-ring (bicyclic) bond motifs is 1. The van der Waals surface area contributed by atoms with Crippen molar-refractivity contribution >= 4 is 17.5 Å². The summed E-state index contributed by atoms with van der Waals surface area (Å²) in [6, 6.07) is -1.26. The van der Waals surface area contributed by atoms with E-state index in [4.69, 9.17) is 10.4 Å². The van der Waals surface area contributed by atoms with Crippen LogP contribution >= 0.6 is 0 Å². The Kier molecular flexibility index (Phi) is 6.50. The predicted octanol–water partition coefficient (Wildman–Crippen LogP) is 2.98. The minimum Gasteiger partial charge on any atom is -0.343 e. The Labute approximate surface area is 229 Å². The van der Waals surface area contributed by atoms with Gasteiger partial charge in [-0.25, -0.2) is 22.9 Å². The fourth-order valence-electron chi connectivity index (χ4n) is 5.72. The molecule has 0 radical (unpaired) electrons. The fourth-order valence-corrected chi connectivity index (χ4v) is 5.72. The van der Waals surface area contributed by atoms with Gasteiger partial charge in [0.05, 0.1) is 24.1 Å². The summed E-state index contributed by atoms with van der Waals surface area (Å²) in [5.74, 6) is -4.52. The van der Waals surface area contributed by atoms with Gasteiger partial charge in [0.25, 0.3) is 5.91 Å². The molecular formula is C25H27F5N8O3. The van der Waals surface area contributed by atoms with E-state index in [-0.39, 0.29) is 55.3 Å². The molecule has 0 spiro atoms. The van der Waals surface area contributed by atoms with Gasteiger partial charge in [-0.3, -0.25) is 9.59 Å². The van der Waals surface area contributed by atoms with Crippen LogP contribution in [0.5, 0.6) is 0 Å². The zero-order valence-corrected chi connectivity index (χ0v) is 21.6. The van der Waals surface area contributed by atoms with Crippen LogP contribution in [0.15, 0.2) is 23.1 Å². The van der Waals surface area contributed by atoms with Gasteiger partial charge >= 0.3 is 6.18 Å². The lowest BCUT2D eigenvalue weighted by atomic mass is 9.81. The molecule has 41 heavy (non-hydrogen) atoms. The van der Waals surface area contributed by atoms with Crippen molar-refractivity contribution in [1.82, 2.24) is 35.5 Å². The second kappa shape index (κ2) is 9.70. The van der Waals surface area contributed by atoms with E-state index < -0.39 is 48.0 Å². The number of carbonyl (C=O) groups excluding carboxylic acids is 2. The molecule has 4 heterocycles. The summed E-state index contributed by atoms with van der Waals surface area (Å²) in [6.45, 7) is 0. The van der Waals surface area contributed by atoms with Crippen LogP contribution in [-0.4, -0.2) is 60.4 Å². The van der Waals surface area contributed by atoms with Crippen molar-refractivity contribution in [3.05, 3.63) is 41.1 Å². The van der Waals surface area contributed by atoms with Crippen LogP contribution in [-0.2, 0) is 11.2 Å². The van der Waals surface area contributed by atoms with Crippen molar-refractivity contribution in [3.8, 4) is 0 Å². The summed E-state index contributed by atoms with van der Waals surface area (Å²) in [6.07, 6.45) is -1.20. The first-order chi connectivity index (χ1) is 19.3. The first-order valence-corrected chi connectivity index (χ1v) is 13.3. The van der Waals surface area contributed by atoms with Gasteiger partial charge in [-0.1, -0.05) is 5.16 Å². The molecule has 0 unspecified atom stereocenters. The van der Waals surface area contributed by atoms with E-state index in [0.29, 0.717) is 17.0 Å². The topological polar surface area (TPSA) is 153 Å². The Morgan fingerprint density at radius 3 is 2.61 bits per heavy atom. The van der Waals surface area contributed by atoms with E-state index in [1.807, 2.05) is 5.32 Å². The summed E-state index contributed by atoms with van der Waals surface area (Å²) in [5.41, 5.74) is 5.83. The average Bonchev–Trinajstić information content (AvgIpc) is 3.33. The van der Waals surface area contributed by atoms with E-state index >= 15 is 0 Å². The Hall–Kier alpha value is -3.69. The molecule has 2 saturated carbocycles. The first-order valence-electron chi connectivity index (χ1n) is 13.3. The number of hydrogen-bond acceptors (Lipinski definition) is 8. The summed E-state index contributed by atoms with van der Waals surface area (Å²) >= 11 is 0. The third kappa shape index (κ3) is 5.48. The molecule has 220 valence electrons. The predicted molar refractivity (Wildman–Crippen MR) is 130 cm³/mol. The number of halogens is 5. The van der Waals surface area contributed by atoms with Gasteiger partial charge < -0.3 is 16.4 Å². The first kappa shape index (κ1) is 27.5. The van der Waals surface area contributed by atoms with Crippen molar-refractivity contribution in [1.29, 1.82) is 0 Å². The molecule has 3 fully saturated rings. The maximum absolute atomic E-state index is 14.0. The molecule has 0 bridgehead atoms. The molecule has 3 aliphatic rings. The molecular weight excluding hydrogens is 555 g/mol. The van der Waals surface area contributed by atoms with Crippen LogP contribution in [0.3, 0.4) is 0 Å². The fraction of sp³-hybridized carbons (Fsp3) is 0.600. The molecule has 1 aliphatic heterocycles. The Morgan fingerprint density at radius 2 is 1.95 bits per heavy atom. The number of alkyl halides is 5. The van der Waals surface area contributed by atoms with Crippen molar-refractivity contribution < 1.29 is 36.2 Å². The van der Waals surface area contributed by atoms with Crippen LogP contribution in [0.2, 0.25) is 0 Å². The Balaban J connectivity index is 1.26. The summed E-state index contributed by atoms with van der Waals surface area (Å²) in [4.78, 5) is 30.1. The number of imidazole rings is 1. The highest BCUT2D eigenvalue weighted by Gasteiger charge is 2.53. The highest BCUT2D eigenvalue weighted by atomic mass is 19.4. The number of amides is 2. The Bertz CT molecular complexity index is 1480. The standard InChI is InChI=1S/C25H27F5N8O3/c26-24(27)5-3-14(4-6-24)18(35-21(39)20-19(13-1-2-13)36-41-37-20)15-11-38-17(33-15)7-12(10-32-38)8-23(31)9-16(25(28,29)30)34-22(23)40/h7,10-11,13-14,16,18H,1-6,8-9,31H2,(H,34,40)(H,35,39)/t16-,18-,23+/m0/s1. The highest BCUT2D eigenvalue weighted by Crippen LogP contribution is 2.43. The lowest BCUT2D eigenvalue weighted by molar-refractivity contribution is -0.155. The Morgan fingerprint density at radius 1 is 1.22 bits per heavy atom. The lowest BCUT2D eigenvalue weighted by Crippen LogP contribution is -2.48. The van der Waals surface area contributed by atoms with E-state index in [9.17, 15) is 31.5 Å². The molecule has 3 atom stereocenters. The van der Waals surface area contributed by atoms with Gasteiger partial charge in [0.2, 0.25) is 11.8 Å². The second-order valence-corrected chi connectivity index (χ2v) is 11.4. The number of nitrogens with two attached hydrogens (primary N) is 1. The van der Waals surface area contributed by atoms with E-state index in [2.05, 4.69) is 25.7 Å². The smallest absolute Gasteiger partial charge is 0.343 e. The van der Waals surface area contributed by atoms with Crippen LogP contribution < -0.4 is 16.4 Å². The number of aromatic nitrogens is 5. The number of rotatable bonds is 7. The molecule has 3 aromatic heterocycles. The molecule has 1 saturated heterocycles. The molecule has 0 aromatic carbocycles. The minimum atomic E-state index is -4.62. The number of hydrogen-bond donors (Lipinski definition) is 3. The minimum absolute atomic E-state index is 0.0445. The van der Waals surface area contributed by atoms with Crippen LogP contribution in [0, 0.1) is 5.92 Å². The summed E-state index contributed by atoms with van der Waals surface area (Å²) < 4.78 is 73.6. The van der Waals surface area contributed by atoms with Crippen molar-refractivity contribution in [2.45, 2.75) is 87.0 Å². The zero-order valence-electron chi connectivity index (χ0n) is 21.6. The summed E-state index contributed by atoms with van der Waals surface area (Å²) in [7, 11) is 0. The van der Waals surface area contributed by atoms with E-state index in [0.717, 1.165) is 12.8 Å². The van der Waals surface area contributed by atoms with Crippen LogP contribution in [0.25, 0.3) is 5.65 Å². The summed E-state index contributed by atoms with van der Waals surface area (Å²) in [5, 5.41) is 16.7. The van der Waals surface area contributed by atoms with Gasteiger partial charge in [0, 0.05) is 31.6 Å². The zero-order chi connectivity index (χ0) is 29.2. The van der Waals surface area contributed by atoms with Crippen molar-refractivity contribution in [2.75, 3.05) is 0 Å². The third-order valence-corrected chi connectivity index (χ3v) is 8.17. The van der Waals surface area contributed by atoms with Gasteiger partial charge in [-0.2, -0.15) is 18.3 Å². The maximum Gasteiger partial charge on any atom is 0.408 e. The third-order valence-electron chi connectivity index (χ3n) is 8.17. The molecule has 6 rings (SSSR count). The van der Waals surface area contributed by atoms with Crippen molar-refractivity contribution in [3.63, 3.8) is 0 Å².